The molecule has 2 aromatic rings. The minimum atomic E-state index is 0.602. The van der Waals surface area contributed by atoms with Crippen LogP contribution in [0.4, 0.5) is 0 Å². The molecular formula is C8H3Cl2IN2S. The highest BCUT2D eigenvalue weighted by Crippen LogP contribution is 2.36. The van der Waals surface area contributed by atoms with Crippen molar-refractivity contribution in [2.24, 2.45) is 0 Å². The second-order valence-electron chi connectivity index (χ2n) is 2.46. The van der Waals surface area contributed by atoms with Crippen LogP contribution in [0.5, 0.6) is 0 Å². The van der Waals surface area contributed by atoms with E-state index < -0.39 is 0 Å². The lowest BCUT2D eigenvalue weighted by Crippen LogP contribution is -1.80. The van der Waals surface area contributed by atoms with Crippen molar-refractivity contribution in [1.29, 1.82) is 0 Å². The van der Waals surface area contributed by atoms with Gasteiger partial charge < -0.3 is 0 Å². The Morgan fingerprint density at radius 1 is 1.14 bits per heavy atom. The molecule has 0 unspecified atom stereocenters. The van der Waals surface area contributed by atoms with Crippen LogP contribution in [0.3, 0.4) is 0 Å². The van der Waals surface area contributed by atoms with Crippen LogP contribution >= 0.6 is 57.1 Å². The zero-order chi connectivity index (χ0) is 10.1. The molecule has 0 aliphatic carbocycles. The number of hydrogen-bond acceptors (Lipinski definition) is 3. The average molecular weight is 357 g/mol. The fraction of sp³-hybridized carbons (Fsp3) is 0. The Labute approximate surface area is 108 Å². The molecule has 0 fully saturated rings. The highest BCUT2D eigenvalue weighted by atomic mass is 127. The van der Waals surface area contributed by atoms with Gasteiger partial charge in [0.1, 0.15) is 0 Å². The largest absolute Gasteiger partial charge is 0.178 e. The topological polar surface area (TPSA) is 25.8 Å². The SMILES string of the molecule is Clc1cccc(Cl)c1-c1nnc(I)s1. The summed E-state index contributed by atoms with van der Waals surface area (Å²) in [7, 11) is 0. The second-order valence-corrected chi connectivity index (χ2v) is 6.00. The number of benzene rings is 1. The van der Waals surface area contributed by atoms with E-state index in [1.807, 2.05) is 0 Å². The molecule has 1 heterocycles. The minimum Gasteiger partial charge on any atom is -0.137 e. The summed E-state index contributed by atoms with van der Waals surface area (Å²) in [5, 5.41) is 9.87. The summed E-state index contributed by atoms with van der Waals surface area (Å²) < 4.78 is 0.869. The van der Waals surface area contributed by atoms with E-state index in [0.717, 1.165) is 13.6 Å². The number of nitrogens with zero attached hydrogens (tertiary/aromatic N) is 2. The van der Waals surface area contributed by atoms with Crippen molar-refractivity contribution in [3.8, 4) is 10.6 Å². The zero-order valence-electron chi connectivity index (χ0n) is 6.67. The molecule has 14 heavy (non-hydrogen) atoms. The Balaban J connectivity index is 2.61. The first-order valence-electron chi connectivity index (χ1n) is 3.62. The lowest BCUT2D eigenvalue weighted by atomic mass is 10.2. The van der Waals surface area contributed by atoms with Crippen LogP contribution < -0.4 is 0 Å². The monoisotopic (exact) mass is 356 g/mol. The van der Waals surface area contributed by atoms with Crippen LogP contribution in [-0.4, -0.2) is 10.2 Å². The molecule has 1 aromatic carbocycles. The molecule has 0 radical (unpaired) electrons. The van der Waals surface area contributed by atoms with E-state index in [2.05, 4.69) is 32.8 Å². The molecule has 0 aliphatic heterocycles. The maximum atomic E-state index is 6.03. The summed E-state index contributed by atoms with van der Waals surface area (Å²) in [6.07, 6.45) is 0. The van der Waals surface area contributed by atoms with E-state index in [-0.39, 0.29) is 0 Å². The number of hydrogen-bond donors (Lipinski definition) is 0. The van der Waals surface area contributed by atoms with Gasteiger partial charge in [-0.05, 0) is 34.7 Å². The zero-order valence-corrected chi connectivity index (χ0v) is 11.2. The maximum Gasteiger partial charge on any atom is 0.178 e. The molecule has 72 valence electrons. The molecule has 0 N–H and O–H groups in total. The van der Waals surface area contributed by atoms with Gasteiger partial charge in [0.15, 0.2) is 8.02 Å². The van der Waals surface area contributed by atoms with E-state index >= 15 is 0 Å². The van der Waals surface area contributed by atoms with E-state index in [9.17, 15) is 0 Å². The molecule has 0 aliphatic rings. The number of aromatic nitrogens is 2. The van der Waals surface area contributed by atoms with E-state index in [1.165, 1.54) is 11.3 Å². The molecule has 0 saturated carbocycles. The van der Waals surface area contributed by atoms with E-state index in [1.54, 1.807) is 18.2 Å². The van der Waals surface area contributed by atoms with Gasteiger partial charge in [0.25, 0.3) is 0 Å². The highest BCUT2D eigenvalue weighted by molar-refractivity contribution is 14.1. The summed E-state index contributed by atoms with van der Waals surface area (Å²) >= 11 is 15.6. The Bertz CT molecular complexity index is 452. The van der Waals surface area contributed by atoms with Crippen LogP contribution in [0.1, 0.15) is 0 Å². The quantitative estimate of drug-likeness (QED) is 0.718. The lowest BCUT2D eigenvalue weighted by molar-refractivity contribution is 1.07. The van der Waals surface area contributed by atoms with Crippen molar-refractivity contribution in [2.75, 3.05) is 0 Å². The lowest BCUT2D eigenvalue weighted by Gasteiger charge is -2.00. The van der Waals surface area contributed by atoms with Crippen LogP contribution in [0.25, 0.3) is 10.6 Å². The Kier molecular flexibility index (Phi) is 3.26. The molecule has 2 nitrogen and oxygen atoms in total. The number of rotatable bonds is 1. The summed E-state index contributed by atoms with van der Waals surface area (Å²) in [4.78, 5) is 0. The van der Waals surface area contributed by atoms with Gasteiger partial charge in [-0.1, -0.05) is 40.6 Å². The molecule has 6 heteroatoms. The third-order valence-electron chi connectivity index (χ3n) is 1.58. The Hall–Kier alpha value is 0.0900. The predicted octanol–water partition coefficient (Wildman–Crippen LogP) is 4.12. The predicted molar refractivity (Wildman–Crippen MR) is 68.1 cm³/mol. The molecule has 0 atom stereocenters. The smallest absolute Gasteiger partial charge is 0.137 e. The fourth-order valence-electron chi connectivity index (χ4n) is 1.01. The van der Waals surface area contributed by atoms with Crippen LogP contribution in [0.2, 0.25) is 10.0 Å². The molecule has 0 bridgehead atoms. The van der Waals surface area contributed by atoms with Gasteiger partial charge in [-0.15, -0.1) is 10.2 Å². The summed E-state index contributed by atoms with van der Waals surface area (Å²) in [6, 6.07) is 5.38. The third-order valence-corrected chi connectivity index (χ3v) is 3.81. The van der Waals surface area contributed by atoms with Crippen molar-refractivity contribution < 1.29 is 0 Å². The highest BCUT2D eigenvalue weighted by Gasteiger charge is 2.12. The standard InChI is InChI=1S/C8H3Cl2IN2S/c9-4-2-1-3-5(10)6(4)7-12-13-8(11)14-7/h1-3H. The van der Waals surface area contributed by atoms with Gasteiger partial charge in [0, 0.05) is 5.56 Å². The normalized spacial score (nSPS) is 10.5. The van der Waals surface area contributed by atoms with Gasteiger partial charge >= 0.3 is 0 Å². The molecule has 0 spiro atoms. The van der Waals surface area contributed by atoms with Gasteiger partial charge in [-0.3, -0.25) is 0 Å². The number of halogens is 3. The first-order valence-corrected chi connectivity index (χ1v) is 6.27. The Morgan fingerprint density at radius 2 is 1.79 bits per heavy atom. The summed E-state index contributed by atoms with van der Waals surface area (Å²) in [6.45, 7) is 0. The Morgan fingerprint density at radius 3 is 2.29 bits per heavy atom. The molecule has 0 saturated heterocycles. The van der Waals surface area contributed by atoms with Gasteiger partial charge in [0.2, 0.25) is 0 Å². The molecular weight excluding hydrogens is 354 g/mol. The van der Waals surface area contributed by atoms with Crippen molar-refractivity contribution in [3.05, 3.63) is 31.3 Å². The van der Waals surface area contributed by atoms with Gasteiger partial charge in [-0.2, -0.15) is 0 Å². The fourth-order valence-corrected chi connectivity index (χ4v) is 3.08. The van der Waals surface area contributed by atoms with E-state index in [0.29, 0.717) is 10.0 Å². The first-order chi connectivity index (χ1) is 6.68. The third kappa shape index (κ3) is 2.03. The first kappa shape index (κ1) is 10.6. The van der Waals surface area contributed by atoms with Crippen LogP contribution in [-0.2, 0) is 0 Å². The molecule has 0 amide bonds. The van der Waals surface area contributed by atoms with Crippen molar-refractivity contribution in [3.63, 3.8) is 0 Å². The molecule has 2 rings (SSSR count). The average Bonchev–Trinajstić information content (AvgIpc) is 2.51. The second kappa shape index (κ2) is 4.30. The molecule has 1 aromatic heterocycles. The van der Waals surface area contributed by atoms with Gasteiger partial charge in [-0.25, -0.2) is 0 Å². The summed E-state index contributed by atoms with van der Waals surface area (Å²) in [5.74, 6) is 0. The van der Waals surface area contributed by atoms with E-state index in [4.69, 9.17) is 23.2 Å². The minimum absolute atomic E-state index is 0.602. The van der Waals surface area contributed by atoms with Crippen LogP contribution in [0.15, 0.2) is 18.2 Å². The summed E-state index contributed by atoms with van der Waals surface area (Å²) in [5.41, 5.74) is 0.760. The van der Waals surface area contributed by atoms with Gasteiger partial charge in [0.05, 0.1) is 10.0 Å². The van der Waals surface area contributed by atoms with Crippen molar-refractivity contribution in [2.45, 2.75) is 0 Å². The van der Waals surface area contributed by atoms with Crippen molar-refractivity contribution in [1.82, 2.24) is 10.2 Å². The van der Waals surface area contributed by atoms with Crippen LogP contribution in [0, 0.1) is 3.01 Å². The van der Waals surface area contributed by atoms with Crippen molar-refractivity contribution >= 4 is 57.1 Å². The maximum absolute atomic E-state index is 6.03.